The molecule has 2 heterocycles. The Labute approximate surface area is 118 Å². The van der Waals surface area contributed by atoms with E-state index in [9.17, 15) is 19.3 Å². The number of hydrogen-bond acceptors (Lipinski definition) is 6. The Morgan fingerprint density at radius 1 is 1.52 bits per heavy atom. The third-order valence-electron chi connectivity index (χ3n) is 2.98. The highest BCUT2D eigenvalue weighted by Crippen LogP contribution is 2.36. The van der Waals surface area contributed by atoms with Gasteiger partial charge in [0.05, 0.1) is 6.61 Å². The van der Waals surface area contributed by atoms with E-state index in [1.165, 1.54) is 13.1 Å². The van der Waals surface area contributed by atoms with Gasteiger partial charge >= 0.3 is 13.3 Å². The van der Waals surface area contributed by atoms with Crippen LogP contribution >= 0.6 is 7.60 Å². The van der Waals surface area contributed by atoms with Gasteiger partial charge in [-0.2, -0.15) is 0 Å². The molecule has 118 valence electrons. The zero-order valence-corrected chi connectivity index (χ0v) is 11.9. The predicted octanol–water partition coefficient (Wildman–Crippen LogP) is -1.74. The molecular weight excluding hydrogens is 307 g/mol. The Kier molecular flexibility index (Phi) is 4.47. The first-order valence-corrected chi connectivity index (χ1v) is 7.77. The van der Waals surface area contributed by atoms with Crippen molar-refractivity contribution in [1.82, 2.24) is 9.55 Å². The van der Waals surface area contributed by atoms with Crippen molar-refractivity contribution < 1.29 is 28.9 Å². The summed E-state index contributed by atoms with van der Waals surface area (Å²) in [5.41, 5.74) is -1.05. The van der Waals surface area contributed by atoms with E-state index in [0.717, 1.165) is 4.57 Å². The smallest absolute Gasteiger partial charge is 0.350 e. The minimum absolute atomic E-state index is 0.142. The number of aliphatic hydroxyl groups excluding tert-OH is 1. The highest BCUT2D eigenvalue weighted by atomic mass is 31.2. The van der Waals surface area contributed by atoms with E-state index in [1.54, 1.807) is 0 Å². The van der Waals surface area contributed by atoms with Gasteiger partial charge in [-0.1, -0.05) is 0 Å². The summed E-state index contributed by atoms with van der Waals surface area (Å²) in [7, 11) is -4.37. The number of ether oxygens (including phenoxy) is 2. The number of hydrogen-bond donors (Lipinski definition) is 4. The molecule has 11 heteroatoms. The van der Waals surface area contributed by atoms with Crippen molar-refractivity contribution in [2.24, 2.45) is 0 Å². The average Bonchev–Trinajstić information content (AvgIpc) is 2.72. The largest absolute Gasteiger partial charge is 0.386 e. The van der Waals surface area contributed by atoms with Gasteiger partial charge in [0.15, 0.2) is 6.23 Å². The van der Waals surface area contributed by atoms with Crippen LogP contribution in [0.1, 0.15) is 11.8 Å². The quantitative estimate of drug-likeness (QED) is 0.477. The molecule has 2 rings (SSSR count). The lowest BCUT2D eigenvalue weighted by molar-refractivity contribution is -0.0318. The average molecular weight is 322 g/mol. The second-order valence-electron chi connectivity index (χ2n) is 4.69. The monoisotopic (exact) mass is 322 g/mol. The SMILES string of the molecule is Cc1cn([C@@H]2OC[C@H](OCP(=O)(O)O)[C@H]2O)c(=O)[nH]c1=O. The van der Waals surface area contributed by atoms with Gasteiger partial charge in [-0.05, 0) is 6.92 Å². The number of H-pyrrole nitrogens is 1. The predicted molar refractivity (Wildman–Crippen MR) is 68.8 cm³/mol. The van der Waals surface area contributed by atoms with E-state index >= 15 is 0 Å². The van der Waals surface area contributed by atoms with Crippen LogP contribution in [0.3, 0.4) is 0 Å². The van der Waals surface area contributed by atoms with Crippen LogP contribution in [0, 0.1) is 6.92 Å². The van der Waals surface area contributed by atoms with Gasteiger partial charge in [0.1, 0.15) is 18.6 Å². The van der Waals surface area contributed by atoms with Crippen LogP contribution in [-0.4, -0.2) is 49.6 Å². The van der Waals surface area contributed by atoms with Gasteiger partial charge in [-0.25, -0.2) is 4.79 Å². The Morgan fingerprint density at radius 3 is 2.81 bits per heavy atom. The lowest BCUT2D eigenvalue weighted by Gasteiger charge is -2.19. The van der Waals surface area contributed by atoms with Gasteiger partial charge in [0.25, 0.3) is 5.56 Å². The van der Waals surface area contributed by atoms with Gasteiger partial charge < -0.3 is 24.4 Å². The first kappa shape index (κ1) is 16.1. The summed E-state index contributed by atoms with van der Waals surface area (Å²) in [6.07, 6.45) is -3.01. The highest BCUT2D eigenvalue weighted by molar-refractivity contribution is 7.51. The van der Waals surface area contributed by atoms with Gasteiger partial charge in [0, 0.05) is 11.8 Å². The molecule has 0 bridgehead atoms. The third-order valence-corrected chi connectivity index (χ3v) is 3.47. The molecule has 0 aliphatic carbocycles. The fourth-order valence-corrected chi connectivity index (χ4v) is 2.32. The molecule has 21 heavy (non-hydrogen) atoms. The van der Waals surface area contributed by atoms with E-state index in [2.05, 4.69) is 4.98 Å². The Hall–Kier alpha value is -1.29. The standard InChI is InChI=1S/C10H15N2O8P/c1-5-2-12(10(15)11-8(5)14)9-7(13)6(3-19-9)20-4-21(16,17)18/h2,6-7,9,13H,3-4H2,1H3,(H,11,14,15)(H2,16,17,18)/t6-,7+,9+/m0/s1. The second kappa shape index (κ2) is 5.84. The van der Waals surface area contributed by atoms with E-state index in [0.29, 0.717) is 0 Å². The van der Waals surface area contributed by atoms with Gasteiger partial charge in [-0.15, -0.1) is 0 Å². The zero-order valence-electron chi connectivity index (χ0n) is 11.0. The number of aromatic nitrogens is 2. The molecule has 0 amide bonds. The lowest BCUT2D eigenvalue weighted by atomic mass is 10.2. The molecular formula is C10H15N2O8P. The normalized spacial score (nSPS) is 26.2. The van der Waals surface area contributed by atoms with E-state index < -0.39 is 43.6 Å². The maximum absolute atomic E-state index is 11.7. The Bertz CT molecular complexity index is 676. The van der Waals surface area contributed by atoms with Gasteiger partial charge in [0.2, 0.25) is 0 Å². The minimum Gasteiger partial charge on any atom is -0.386 e. The van der Waals surface area contributed by atoms with Crippen molar-refractivity contribution >= 4 is 7.60 Å². The van der Waals surface area contributed by atoms with Crippen LogP contribution in [0.2, 0.25) is 0 Å². The molecule has 0 unspecified atom stereocenters. The number of rotatable bonds is 4. The summed E-state index contributed by atoms with van der Waals surface area (Å²) in [4.78, 5) is 42.5. The molecule has 0 radical (unpaired) electrons. The molecule has 1 aliphatic heterocycles. The third kappa shape index (κ3) is 3.67. The molecule has 1 fully saturated rings. The Balaban J connectivity index is 2.17. The number of nitrogens with zero attached hydrogens (tertiary/aromatic N) is 1. The first-order valence-electron chi connectivity index (χ1n) is 5.97. The number of nitrogens with one attached hydrogen (secondary N) is 1. The van der Waals surface area contributed by atoms with Crippen molar-refractivity contribution in [3.8, 4) is 0 Å². The van der Waals surface area contributed by atoms with Crippen molar-refractivity contribution in [2.45, 2.75) is 25.4 Å². The van der Waals surface area contributed by atoms with Crippen molar-refractivity contribution in [3.63, 3.8) is 0 Å². The fourth-order valence-electron chi connectivity index (χ4n) is 1.93. The maximum Gasteiger partial charge on any atom is 0.350 e. The van der Waals surface area contributed by atoms with Crippen LogP contribution in [0.5, 0.6) is 0 Å². The second-order valence-corrected chi connectivity index (χ2v) is 6.28. The van der Waals surface area contributed by atoms with E-state index in [4.69, 9.17) is 19.3 Å². The molecule has 0 aromatic carbocycles. The summed E-state index contributed by atoms with van der Waals surface area (Å²) >= 11 is 0. The van der Waals surface area contributed by atoms with E-state index in [1.807, 2.05) is 0 Å². The summed E-state index contributed by atoms with van der Waals surface area (Å²) in [6.45, 7) is 1.34. The summed E-state index contributed by atoms with van der Waals surface area (Å²) in [5.74, 6) is 0. The zero-order chi connectivity index (χ0) is 15.8. The molecule has 1 aliphatic rings. The molecule has 1 aromatic heterocycles. The molecule has 1 saturated heterocycles. The molecule has 4 N–H and O–H groups in total. The number of aliphatic hydroxyl groups is 1. The minimum atomic E-state index is -4.37. The van der Waals surface area contributed by atoms with Crippen molar-refractivity contribution in [3.05, 3.63) is 32.6 Å². The molecule has 0 saturated carbocycles. The first-order chi connectivity index (χ1) is 9.69. The molecule has 10 nitrogen and oxygen atoms in total. The van der Waals surface area contributed by atoms with E-state index in [-0.39, 0.29) is 12.2 Å². The van der Waals surface area contributed by atoms with Crippen LogP contribution in [0.4, 0.5) is 0 Å². The van der Waals surface area contributed by atoms with Crippen LogP contribution in [0.15, 0.2) is 15.8 Å². The van der Waals surface area contributed by atoms with Crippen molar-refractivity contribution in [2.75, 3.05) is 13.0 Å². The fraction of sp³-hybridized carbons (Fsp3) is 0.600. The van der Waals surface area contributed by atoms with Crippen LogP contribution in [0.25, 0.3) is 0 Å². The van der Waals surface area contributed by atoms with Gasteiger partial charge in [-0.3, -0.25) is 18.9 Å². The summed E-state index contributed by atoms with van der Waals surface area (Å²) in [6, 6.07) is 0. The highest BCUT2D eigenvalue weighted by Gasteiger charge is 2.39. The maximum atomic E-state index is 11.7. The molecule has 0 spiro atoms. The lowest BCUT2D eigenvalue weighted by Crippen LogP contribution is -2.38. The van der Waals surface area contributed by atoms with Crippen LogP contribution in [-0.2, 0) is 14.0 Å². The number of aryl methyl sites for hydroxylation is 1. The van der Waals surface area contributed by atoms with Crippen molar-refractivity contribution in [1.29, 1.82) is 0 Å². The topological polar surface area (TPSA) is 151 Å². The molecule has 1 aromatic rings. The Morgan fingerprint density at radius 2 is 2.19 bits per heavy atom. The molecule has 3 atom stereocenters. The summed E-state index contributed by atoms with van der Waals surface area (Å²) in [5, 5.41) is 10.0. The van der Waals surface area contributed by atoms with Crippen LogP contribution < -0.4 is 11.2 Å². The number of aromatic amines is 1. The summed E-state index contributed by atoms with van der Waals surface area (Å²) < 4.78 is 21.9.